The highest BCUT2D eigenvalue weighted by Gasteiger charge is 2.14. The molecule has 0 aliphatic rings. The molecule has 0 unspecified atom stereocenters. The van der Waals surface area contributed by atoms with E-state index in [9.17, 15) is 8.42 Å². The van der Waals surface area contributed by atoms with Crippen molar-refractivity contribution in [1.82, 2.24) is 4.72 Å². The maximum absolute atomic E-state index is 12.6. The Kier molecular flexibility index (Phi) is 4.59. The van der Waals surface area contributed by atoms with Crippen molar-refractivity contribution in [2.75, 3.05) is 0 Å². The molecule has 1 aromatic heterocycles. The highest BCUT2D eigenvalue weighted by molar-refractivity contribution is 7.89. The molecular formula is C21H17NO2S2. The lowest BCUT2D eigenvalue weighted by atomic mass is 10.1. The predicted octanol–water partition coefficient (Wildman–Crippen LogP) is 5.05. The van der Waals surface area contributed by atoms with Crippen molar-refractivity contribution >= 4 is 31.4 Å². The van der Waals surface area contributed by atoms with Gasteiger partial charge in [-0.05, 0) is 40.8 Å². The SMILES string of the molecule is O=S(=O)(NCc1cc2ccccc2s1)c1ccc(-c2ccccc2)cc1. The van der Waals surface area contributed by atoms with Gasteiger partial charge in [0.15, 0.2) is 0 Å². The van der Waals surface area contributed by atoms with E-state index in [1.807, 2.05) is 72.8 Å². The van der Waals surface area contributed by atoms with E-state index in [2.05, 4.69) is 4.72 Å². The molecule has 26 heavy (non-hydrogen) atoms. The fourth-order valence-electron chi connectivity index (χ4n) is 2.83. The number of nitrogens with one attached hydrogen (secondary N) is 1. The van der Waals surface area contributed by atoms with Gasteiger partial charge in [0.2, 0.25) is 10.0 Å². The van der Waals surface area contributed by atoms with E-state index in [1.165, 1.54) is 0 Å². The number of sulfonamides is 1. The summed E-state index contributed by atoms with van der Waals surface area (Å²) in [6, 6.07) is 26.9. The van der Waals surface area contributed by atoms with Crippen LogP contribution in [0.3, 0.4) is 0 Å². The van der Waals surface area contributed by atoms with Crippen LogP contribution in [-0.4, -0.2) is 8.42 Å². The summed E-state index contributed by atoms with van der Waals surface area (Å²) in [6.45, 7) is 0.294. The lowest BCUT2D eigenvalue weighted by Gasteiger charge is -2.07. The third-order valence-corrected chi connectivity index (χ3v) is 6.72. The highest BCUT2D eigenvalue weighted by atomic mass is 32.2. The van der Waals surface area contributed by atoms with Gasteiger partial charge < -0.3 is 0 Å². The largest absolute Gasteiger partial charge is 0.240 e. The zero-order valence-electron chi connectivity index (χ0n) is 13.9. The number of benzene rings is 3. The molecule has 4 aromatic rings. The van der Waals surface area contributed by atoms with Crippen molar-refractivity contribution < 1.29 is 8.42 Å². The second kappa shape index (κ2) is 7.03. The molecule has 5 heteroatoms. The first-order valence-electron chi connectivity index (χ1n) is 8.24. The van der Waals surface area contributed by atoms with Crippen molar-refractivity contribution in [3.8, 4) is 11.1 Å². The van der Waals surface area contributed by atoms with Crippen LogP contribution < -0.4 is 4.72 Å². The zero-order valence-corrected chi connectivity index (χ0v) is 15.6. The second-order valence-electron chi connectivity index (χ2n) is 5.97. The van der Waals surface area contributed by atoms with Crippen LogP contribution in [0.25, 0.3) is 21.2 Å². The minimum atomic E-state index is -3.54. The molecule has 0 radical (unpaired) electrons. The van der Waals surface area contributed by atoms with Crippen molar-refractivity contribution in [2.24, 2.45) is 0 Å². The molecule has 0 aliphatic carbocycles. The molecule has 0 saturated carbocycles. The van der Waals surface area contributed by atoms with Gasteiger partial charge in [-0.1, -0.05) is 60.7 Å². The second-order valence-corrected chi connectivity index (χ2v) is 8.90. The summed E-state index contributed by atoms with van der Waals surface area (Å²) in [5.74, 6) is 0. The normalized spacial score (nSPS) is 11.7. The van der Waals surface area contributed by atoms with Crippen LogP contribution in [0.5, 0.6) is 0 Å². The molecule has 3 nitrogen and oxygen atoms in total. The Hall–Kier alpha value is -2.47. The molecule has 130 valence electrons. The van der Waals surface area contributed by atoms with Crippen molar-refractivity contribution in [1.29, 1.82) is 0 Å². The number of hydrogen-bond acceptors (Lipinski definition) is 3. The lowest BCUT2D eigenvalue weighted by molar-refractivity contribution is 0.582. The van der Waals surface area contributed by atoms with Crippen molar-refractivity contribution in [3.05, 3.63) is 89.8 Å². The van der Waals surface area contributed by atoms with Gasteiger partial charge in [0.05, 0.1) is 4.90 Å². The fourth-order valence-corrected chi connectivity index (χ4v) is 4.93. The predicted molar refractivity (Wildman–Crippen MR) is 108 cm³/mol. The van der Waals surface area contributed by atoms with Crippen LogP contribution in [0.2, 0.25) is 0 Å². The molecule has 0 atom stereocenters. The van der Waals surface area contributed by atoms with E-state index in [-0.39, 0.29) is 4.90 Å². The van der Waals surface area contributed by atoms with E-state index < -0.39 is 10.0 Å². The summed E-state index contributed by atoms with van der Waals surface area (Å²) in [5, 5.41) is 1.14. The summed E-state index contributed by atoms with van der Waals surface area (Å²) in [6.07, 6.45) is 0. The smallest absolute Gasteiger partial charge is 0.207 e. The molecule has 3 aromatic carbocycles. The number of hydrogen-bond donors (Lipinski definition) is 1. The summed E-state index contributed by atoms with van der Waals surface area (Å²) in [5.41, 5.74) is 2.06. The number of thiophene rings is 1. The first kappa shape index (κ1) is 17.0. The molecule has 1 heterocycles. The summed E-state index contributed by atoms with van der Waals surface area (Å²) in [4.78, 5) is 1.27. The van der Waals surface area contributed by atoms with Gasteiger partial charge in [0.1, 0.15) is 0 Å². The van der Waals surface area contributed by atoms with E-state index in [0.29, 0.717) is 6.54 Å². The Labute approximate surface area is 157 Å². The Morgan fingerprint density at radius 3 is 2.15 bits per heavy atom. The molecule has 0 amide bonds. The van der Waals surface area contributed by atoms with Crippen molar-refractivity contribution in [2.45, 2.75) is 11.4 Å². The maximum Gasteiger partial charge on any atom is 0.240 e. The third-order valence-electron chi connectivity index (χ3n) is 4.18. The number of rotatable bonds is 5. The van der Waals surface area contributed by atoms with Crippen LogP contribution in [0, 0.1) is 0 Å². The van der Waals surface area contributed by atoms with Gasteiger partial charge >= 0.3 is 0 Å². The quantitative estimate of drug-likeness (QED) is 0.528. The Bertz CT molecular complexity index is 1100. The Balaban J connectivity index is 1.51. The summed E-state index contributed by atoms with van der Waals surface area (Å²) >= 11 is 1.61. The minimum absolute atomic E-state index is 0.276. The average Bonchev–Trinajstić information content (AvgIpc) is 3.10. The van der Waals surface area contributed by atoms with E-state index >= 15 is 0 Å². The lowest BCUT2D eigenvalue weighted by Crippen LogP contribution is -2.22. The van der Waals surface area contributed by atoms with Gasteiger partial charge in [-0.15, -0.1) is 11.3 Å². The van der Waals surface area contributed by atoms with Gasteiger partial charge in [0, 0.05) is 16.1 Å². The van der Waals surface area contributed by atoms with E-state index in [0.717, 1.165) is 26.1 Å². The Morgan fingerprint density at radius 1 is 0.769 bits per heavy atom. The molecule has 0 spiro atoms. The topological polar surface area (TPSA) is 46.2 Å². The van der Waals surface area contributed by atoms with Crippen LogP contribution >= 0.6 is 11.3 Å². The molecule has 0 fully saturated rings. The van der Waals surface area contributed by atoms with Crippen LogP contribution in [0.4, 0.5) is 0 Å². The van der Waals surface area contributed by atoms with Gasteiger partial charge in [-0.2, -0.15) is 0 Å². The molecule has 0 aliphatic heterocycles. The van der Waals surface area contributed by atoms with Gasteiger partial charge in [0.25, 0.3) is 0 Å². The first-order valence-corrected chi connectivity index (χ1v) is 10.5. The molecule has 0 saturated heterocycles. The Morgan fingerprint density at radius 2 is 1.42 bits per heavy atom. The number of fused-ring (bicyclic) bond motifs is 1. The standard InChI is InChI=1S/C21H17NO2S2/c23-26(24,22-15-19-14-18-8-4-5-9-21(18)25-19)20-12-10-17(11-13-20)16-6-2-1-3-7-16/h1-14,22H,15H2. The van der Waals surface area contributed by atoms with Crippen molar-refractivity contribution in [3.63, 3.8) is 0 Å². The van der Waals surface area contributed by atoms with E-state index in [4.69, 9.17) is 0 Å². The maximum atomic E-state index is 12.6. The monoisotopic (exact) mass is 379 g/mol. The van der Waals surface area contributed by atoms with Gasteiger partial charge in [-0.25, -0.2) is 13.1 Å². The van der Waals surface area contributed by atoms with Crippen LogP contribution in [0.1, 0.15) is 4.88 Å². The fraction of sp³-hybridized carbons (Fsp3) is 0.0476. The minimum Gasteiger partial charge on any atom is -0.207 e. The van der Waals surface area contributed by atoms with Crippen LogP contribution in [0.15, 0.2) is 89.8 Å². The van der Waals surface area contributed by atoms with Crippen LogP contribution in [-0.2, 0) is 16.6 Å². The third kappa shape index (κ3) is 3.55. The molecule has 0 bridgehead atoms. The van der Waals surface area contributed by atoms with Gasteiger partial charge in [-0.3, -0.25) is 0 Å². The average molecular weight is 380 g/mol. The highest BCUT2D eigenvalue weighted by Crippen LogP contribution is 2.26. The molecule has 1 N–H and O–H groups in total. The first-order chi connectivity index (χ1) is 12.6. The zero-order chi connectivity index (χ0) is 18.0. The summed E-state index contributed by atoms with van der Waals surface area (Å²) < 4.78 is 29.0. The summed E-state index contributed by atoms with van der Waals surface area (Å²) in [7, 11) is -3.54. The van der Waals surface area contributed by atoms with E-state index in [1.54, 1.807) is 23.5 Å². The molecular weight excluding hydrogens is 362 g/mol. The molecule has 4 rings (SSSR count).